The summed E-state index contributed by atoms with van der Waals surface area (Å²) in [6.07, 6.45) is 5.31. The molecule has 1 aliphatic carbocycles. The highest BCUT2D eigenvalue weighted by molar-refractivity contribution is 7.92. The highest BCUT2D eigenvalue weighted by Crippen LogP contribution is 2.25. The van der Waals surface area contributed by atoms with Gasteiger partial charge in [-0.25, -0.2) is 8.42 Å². The van der Waals surface area contributed by atoms with E-state index in [1.165, 1.54) is 12.0 Å². The molecule has 0 spiro atoms. The zero-order valence-corrected chi connectivity index (χ0v) is 24.8. The van der Waals surface area contributed by atoms with E-state index < -0.39 is 28.5 Å². The Morgan fingerprint density at radius 2 is 1.63 bits per heavy atom. The molecule has 8 nitrogen and oxygen atoms in total. The maximum atomic E-state index is 14.2. The number of carbonyl (C=O) groups excluding carboxylic acids is 2. The van der Waals surface area contributed by atoms with E-state index in [4.69, 9.17) is 4.74 Å². The third-order valence-corrected chi connectivity index (χ3v) is 8.61. The van der Waals surface area contributed by atoms with Gasteiger partial charge >= 0.3 is 0 Å². The van der Waals surface area contributed by atoms with Crippen LogP contribution in [-0.2, 0) is 32.6 Å². The maximum Gasteiger partial charge on any atom is 0.244 e. The average Bonchev–Trinajstić information content (AvgIpc) is 3.47. The summed E-state index contributed by atoms with van der Waals surface area (Å²) in [4.78, 5) is 29.6. The molecule has 1 saturated carbocycles. The summed E-state index contributed by atoms with van der Waals surface area (Å²) in [5, 5.41) is 3.18. The second-order valence-corrected chi connectivity index (χ2v) is 12.6. The number of methoxy groups -OCH3 is 1. The average molecular weight is 578 g/mol. The minimum Gasteiger partial charge on any atom is -0.497 e. The topological polar surface area (TPSA) is 96.0 Å². The first-order valence-electron chi connectivity index (χ1n) is 13.9. The van der Waals surface area contributed by atoms with E-state index in [9.17, 15) is 18.0 Å². The Labute approximate surface area is 243 Å². The lowest BCUT2D eigenvalue weighted by Crippen LogP contribution is -2.54. The van der Waals surface area contributed by atoms with Crippen molar-refractivity contribution in [2.45, 2.75) is 57.7 Å². The number of ether oxygens (including phenoxy) is 1. The first kappa shape index (κ1) is 30.1. The van der Waals surface area contributed by atoms with Crippen LogP contribution in [0.4, 0.5) is 5.69 Å². The number of aryl methyl sites for hydroxylation is 1. The van der Waals surface area contributed by atoms with Gasteiger partial charge in [0.2, 0.25) is 21.8 Å². The Morgan fingerprint density at radius 1 is 0.951 bits per heavy atom. The molecule has 2 amide bonds. The Morgan fingerprint density at radius 3 is 2.27 bits per heavy atom. The van der Waals surface area contributed by atoms with Crippen LogP contribution in [0.5, 0.6) is 5.75 Å². The molecule has 9 heteroatoms. The van der Waals surface area contributed by atoms with Crippen molar-refractivity contribution >= 4 is 27.5 Å². The summed E-state index contributed by atoms with van der Waals surface area (Å²) in [5.74, 6) is -0.229. The molecular weight excluding hydrogens is 538 g/mol. The van der Waals surface area contributed by atoms with Crippen molar-refractivity contribution in [3.05, 3.63) is 95.6 Å². The highest BCUT2D eigenvalue weighted by Gasteiger charge is 2.34. The number of carbonyl (C=O) groups is 2. The second kappa shape index (κ2) is 13.7. The molecule has 41 heavy (non-hydrogen) atoms. The summed E-state index contributed by atoms with van der Waals surface area (Å²) in [6, 6.07) is 23.2. The van der Waals surface area contributed by atoms with Gasteiger partial charge in [0.1, 0.15) is 18.3 Å². The Bertz CT molecular complexity index is 1420. The molecule has 218 valence electrons. The lowest BCUT2D eigenvalue weighted by atomic mass is 10.0. The van der Waals surface area contributed by atoms with Gasteiger partial charge in [-0.1, -0.05) is 79.1 Å². The van der Waals surface area contributed by atoms with E-state index in [-0.39, 0.29) is 18.5 Å². The van der Waals surface area contributed by atoms with Gasteiger partial charge in [-0.15, -0.1) is 0 Å². The number of nitrogens with zero attached hydrogens (tertiary/aromatic N) is 2. The standard InChI is InChI=1S/C32H39N3O5S/c1-24-16-18-26(19-17-24)22-34(31(36)23-35(41(3,38)39)28-14-9-15-29(21-28)40-2)30(20-25-10-5-4-6-11-25)32(37)33-27-12-7-8-13-27/h4-6,9-11,14-19,21,27,30H,7-8,12-13,20,22-23H2,1-3H3,(H,33,37). The van der Waals surface area contributed by atoms with Crippen LogP contribution in [0.2, 0.25) is 0 Å². The van der Waals surface area contributed by atoms with Crippen LogP contribution in [0, 0.1) is 6.92 Å². The molecule has 1 atom stereocenters. The van der Waals surface area contributed by atoms with Gasteiger partial charge in [0, 0.05) is 25.1 Å². The van der Waals surface area contributed by atoms with Crippen LogP contribution in [-0.4, -0.2) is 57.1 Å². The zero-order valence-electron chi connectivity index (χ0n) is 24.0. The van der Waals surface area contributed by atoms with Crippen molar-refractivity contribution < 1.29 is 22.7 Å². The van der Waals surface area contributed by atoms with Crippen LogP contribution in [0.15, 0.2) is 78.9 Å². The fraction of sp³-hybridized carbons (Fsp3) is 0.375. The van der Waals surface area contributed by atoms with E-state index in [1.54, 1.807) is 24.3 Å². The van der Waals surface area contributed by atoms with Gasteiger partial charge in [-0.3, -0.25) is 13.9 Å². The number of anilines is 1. The fourth-order valence-electron chi connectivity index (χ4n) is 5.19. The van der Waals surface area contributed by atoms with Crippen LogP contribution in [0.1, 0.15) is 42.4 Å². The molecule has 0 bridgehead atoms. The van der Waals surface area contributed by atoms with Crippen LogP contribution >= 0.6 is 0 Å². The number of hydrogen-bond acceptors (Lipinski definition) is 5. The van der Waals surface area contributed by atoms with Crippen molar-refractivity contribution in [3.8, 4) is 5.75 Å². The molecule has 1 aliphatic rings. The summed E-state index contributed by atoms with van der Waals surface area (Å²) in [5.41, 5.74) is 3.15. The number of hydrogen-bond donors (Lipinski definition) is 1. The summed E-state index contributed by atoms with van der Waals surface area (Å²) in [7, 11) is -2.35. The van der Waals surface area contributed by atoms with Crippen LogP contribution < -0.4 is 14.4 Å². The van der Waals surface area contributed by atoms with Gasteiger partial charge in [0.15, 0.2) is 0 Å². The fourth-order valence-corrected chi connectivity index (χ4v) is 6.03. The van der Waals surface area contributed by atoms with E-state index in [2.05, 4.69) is 5.32 Å². The van der Waals surface area contributed by atoms with Gasteiger partial charge < -0.3 is 15.0 Å². The van der Waals surface area contributed by atoms with E-state index in [0.717, 1.165) is 52.9 Å². The predicted octanol–water partition coefficient (Wildman–Crippen LogP) is 4.47. The van der Waals surface area contributed by atoms with Crippen molar-refractivity contribution in [1.82, 2.24) is 10.2 Å². The first-order valence-corrected chi connectivity index (χ1v) is 15.8. The number of amides is 2. The number of nitrogens with one attached hydrogen (secondary N) is 1. The van der Waals surface area contributed by atoms with Crippen molar-refractivity contribution in [2.75, 3.05) is 24.2 Å². The van der Waals surface area contributed by atoms with E-state index in [0.29, 0.717) is 17.9 Å². The molecule has 3 aromatic carbocycles. The largest absolute Gasteiger partial charge is 0.497 e. The minimum absolute atomic E-state index is 0.0707. The highest BCUT2D eigenvalue weighted by atomic mass is 32.2. The third kappa shape index (κ3) is 8.33. The lowest BCUT2D eigenvalue weighted by molar-refractivity contribution is -0.140. The van der Waals surface area contributed by atoms with Crippen molar-refractivity contribution in [2.24, 2.45) is 0 Å². The molecule has 1 N–H and O–H groups in total. The molecule has 0 heterocycles. The maximum absolute atomic E-state index is 14.2. The zero-order chi connectivity index (χ0) is 29.4. The van der Waals surface area contributed by atoms with Gasteiger partial charge in [-0.2, -0.15) is 0 Å². The van der Waals surface area contributed by atoms with Gasteiger partial charge in [-0.05, 0) is 43.0 Å². The molecule has 1 unspecified atom stereocenters. The van der Waals surface area contributed by atoms with Crippen LogP contribution in [0.25, 0.3) is 0 Å². The van der Waals surface area contributed by atoms with Crippen LogP contribution in [0.3, 0.4) is 0 Å². The summed E-state index contributed by atoms with van der Waals surface area (Å²) < 4.78 is 32.2. The summed E-state index contributed by atoms with van der Waals surface area (Å²) >= 11 is 0. The molecule has 0 aromatic heterocycles. The molecular formula is C32H39N3O5S. The molecule has 4 rings (SSSR count). The Hall–Kier alpha value is -3.85. The third-order valence-electron chi connectivity index (χ3n) is 7.47. The van der Waals surface area contributed by atoms with E-state index >= 15 is 0 Å². The second-order valence-electron chi connectivity index (χ2n) is 10.7. The first-order chi connectivity index (χ1) is 19.6. The normalized spacial score (nSPS) is 14.3. The number of sulfonamides is 1. The monoisotopic (exact) mass is 577 g/mol. The van der Waals surface area contributed by atoms with E-state index in [1.807, 2.05) is 61.5 Å². The Kier molecular flexibility index (Phi) is 10.0. The quantitative estimate of drug-likeness (QED) is 0.343. The molecule has 0 aliphatic heterocycles. The predicted molar refractivity (Wildman–Crippen MR) is 161 cm³/mol. The molecule has 0 saturated heterocycles. The lowest BCUT2D eigenvalue weighted by Gasteiger charge is -2.34. The number of rotatable bonds is 12. The Balaban J connectivity index is 1.72. The smallest absolute Gasteiger partial charge is 0.244 e. The molecule has 3 aromatic rings. The van der Waals surface area contributed by atoms with Crippen molar-refractivity contribution in [1.29, 1.82) is 0 Å². The summed E-state index contributed by atoms with van der Waals surface area (Å²) in [6.45, 7) is 1.68. The van der Waals surface area contributed by atoms with Gasteiger partial charge in [0.25, 0.3) is 0 Å². The SMILES string of the molecule is COc1cccc(N(CC(=O)N(Cc2ccc(C)cc2)C(Cc2ccccc2)C(=O)NC2CCCC2)S(C)(=O)=O)c1. The molecule has 0 radical (unpaired) electrons. The molecule has 1 fully saturated rings. The van der Waals surface area contributed by atoms with Crippen molar-refractivity contribution in [3.63, 3.8) is 0 Å². The number of benzene rings is 3. The minimum atomic E-state index is -3.84. The van der Waals surface area contributed by atoms with Gasteiger partial charge in [0.05, 0.1) is 19.1 Å².